The van der Waals surface area contributed by atoms with Crippen LogP contribution >= 0.6 is 11.8 Å². The summed E-state index contributed by atoms with van der Waals surface area (Å²) in [5, 5.41) is 9.70. The number of thioether (sulfide) groups is 1. The molecule has 0 saturated carbocycles. The number of para-hydroxylation sites is 3. The highest BCUT2D eigenvalue weighted by Crippen LogP contribution is 2.30. The standard InChI is InChI=1S/C25H20F2N4O3S/c1-33-20-12-6-2-8-16(20)14-30-22(32)18-10-4-5-11-19(18)31-24(30)28-29-25(31)35-15-17-9-3-7-13-21(17)34-23(26)27/h2-13,23H,14-15H2,1H3. The Morgan fingerprint density at radius 1 is 0.914 bits per heavy atom. The van der Waals surface area contributed by atoms with Crippen LogP contribution in [0.5, 0.6) is 11.5 Å². The topological polar surface area (TPSA) is 70.7 Å². The van der Waals surface area contributed by atoms with Gasteiger partial charge < -0.3 is 9.47 Å². The molecule has 3 aromatic carbocycles. The van der Waals surface area contributed by atoms with Gasteiger partial charge in [0.1, 0.15) is 11.5 Å². The largest absolute Gasteiger partial charge is 0.496 e. The molecule has 0 N–H and O–H groups in total. The molecule has 0 radical (unpaired) electrons. The van der Waals surface area contributed by atoms with E-state index in [0.717, 1.165) is 5.56 Å². The van der Waals surface area contributed by atoms with Crippen LogP contribution in [0.4, 0.5) is 8.78 Å². The van der Waals surface area contributed by atoms with Gasteiger partial charge in [-0.2, -0.15) is 8.78 Å². The lowest BCUT2D eigenvalue weighted by Gasteiger charge is -2.13. The number of hydrogen-bond acceptors (Lipinski definition) is 6. The Labute approximate surface area is 202 Å². The van der Waals surface area contributed by atoms with Gasteiger partial charge in [-0.15, -0.1) is 10.2 Å². The maximum absolute atomic E-state index is 13.4. The summed E-state index contributed by atoms with van der Waals surface area (Å²) in [6.07, 6.45) is 0. The van der Waals surface area contributed by atoms with Crippen LogP contribution in [0, 0.1) is 0 Å². The van der Waals surface area contributed by atoms with Gasteiger partial charge in [0.15, 0.2) is 5.16 Å². The van der Waals surface area contributed by atoms with Crippen LogP contribution in [0.2, 0.25) is 0 Å². The Balaban J connectivity index is 1.60. The minimum Gasteiger partial charge on any atom is -0.496 e. The fraction of sp³-hybridized carbons (Fsp3) is 0.160. The van der Waals surface area contributed by atoms with E-state index in [-0.39, 0.29) is 17.9 Å². The number of alkyl halides is 2. The number of rotatable bonds is 8. The Bertz CT molecular complexity index is 1570. The first-order chi connectivity index (χ1) is 17.1. The predicted octanol–water partition coefficient (Wildman–Crippen LogP) is 4.99. The molecule has 35 heavy (non-hydrogen) atoms. The molecule has 0 unspecified atom stereocenters. The smallest absolute Gasteiger partial charge is 0.387 e. The van der Waals surface area contributed by atoms with Gasteiger partial charge in [0.25, 0.3) is 5.56 Å². The minimum atomic E-state index is -2.91. The van der Waals surface area contributed by atoms with Crippen LogP contribution in [0.25, 0.3) is 16.7 Å². The molecule has 0 aliphatic carbocycles. The number of hydrogen-bond donors (Lipinski definition) is 0. The lowest BCUT2D eigenvalue weighted by Crippen LogP contribution is -2.24. The number of halogens is 2. The van der Waals surface area contributed by atoms with Crippen molar-refractivity contribution in [1.82, 2.24) is 19.2 Å². The van der Waals surface area contributed by atoms with E-state index in [9.17, 15) is 13.6 Å². The average molecular weight is 495 g/mol. The number of ether oxygens (including phenoxy) is 2. The normalized spacial score (nSPS) is 11.4. The number of nitrogens with zero attached hydrogens (tertiary/aromatic N) is 4. The number of aromatic nitrogens is 4. The Morgan fingerprint density at radius 2 is 1.60 bits per heavy atom. The highest BCUT2D eigenvalue weighted by molar-refractivity contribution is 7.98. The monoisotopic (exact) mass is 494 g/mol. The zero-order chi connectivity index (χ0) is 24.4. The average Bonchev–Trinajstić information content (AvgIpc) is 3.30. The van der Waals surface area contributed by atoms with Crippen molar-refractivity contribution in [1.29, 1.82) is 0 Å². The zero-order valence-electron chi connectivity index (χ0n) is 18.6. The molecule has 0 bridgehead atoms. The molecule has 178 valence electrons. The first kappa shape index (κ1) is 22.9. The van der Waals surface area contributed by atoms with E-state index in [1.54, 1.807) is 42.0 Å². The van der Waals surface area contributed by atoms with E-state index in [2.05, 4.69) is 14.9 Å². The van der Waals surface area contributed by atoms with Gasteiger partial charge >= 0.3 is 6.61 Å². The third-order valence-electron chi connectivity index (χ3n) is 5.54. The Morgan fingerprint density at radius 3 is 2.37 bits per heavy atom. The Kier molecular flexibility index (Phi) is 6.37. The molecule has 2 heterocycles. The van der Waals surface area contributed by atoms with Crippen LogP contribution in [0.3, 0.4) is 0 Å². The van der Waals surface area contributed by atoms with Crippen molar-refractivity contribution < 1.29 is 18.3 Å². The summed E-state index contributed by atoms with van der Waals surface area (Å²) in [5.41, 5.74) is 1.89. The number of benzene rings is 3. The first-order valence-electron chi connectivity index (χ1n) is 10.7. The second-order valence-electron chi connectivity index (χ2n) is 7.61. The molecule has 0 spiro atoms. The quantitative estimate of drug-likeness (QED) is 0.283. The third kappa shape index (κ3) is 4.44. The van der Waals surface area contributed by atoms with Crippen molar-refractivity contribution in [3.63, 3.8) is 0 Å². The summed E-state index contributed by atoms with van der Waals surface area (Å²) in [6.45, 7) is -2.67. The van der Waals surface area contributed by atoms with Gasteiger partial charge in [-0.25, -0.2) is 0 Å². The van der Waals surface area contributed by atoms with Crippen LogP contribution in [0.15, 0.2) is 82.7 Å². The van der Waals surface area contributed by atoms with Gasteiger partial charge in [0, 0.05) is 16.9 Å². The maximum Gasteiger partial charge on any atom is 0.387 e. The molecular formula is C25H20F2N4O3S. The van der Waals surface area contributed by atoms with E-state index >= 15 is 0 Å². The Hall–Kier alpha value is -3.92. The molecule has 10 heteroatoms. The van der Waals surface area contributed by atoms with E-state index < -0.39 is 6.61 Å². The number of fused-ring (bicyclic) bond motifs is 3. The van der Waals surface area contributed by atoms with Gasteiger partial charge in [-0.05, 0) is 24.3 Å². The van der Waals surface area contributed by atoms with Crippen molar-refractivity contribution in [3.05, 3.63) is 94.3 Å². The van der Waals surface area contributed by atoms with Crippen LogP contribution in [-0.4, -0.2) is 32.9 Å². The summed E-state index contributed by atoms with van der Waals surface area (Å²) in [4.78, 5) is 13.4. The molecule has 0 amide bonds. The molecule has 7 nitrogen and oxygen atoms in total. The molecule has 2 aromatic heterocycles. The number of methoxy groups -OCH3 is 1. The molecule has 0 aliphatic heterocycles. The molecule has 5 rings (SSSR count). The SMILES string of the molecule is COc1ccccc1Cn1c(=O)c2ccccc2n2c(SCc3ccccc3OC(F)F)nnc12. The van der Waals surface area contributed by atoms with E-state index in [1.807, 2.05) is 40.8 Å². The van der Waals surface area contributed by atoms with Crippen molar-refractivity contribution in [3.8, 4) is 11.5 Å². The molecule has 0 atom stereocenters. The second kappa shape index (κ2) is 9.75. The summed E-state index contributed by atoms with van der Waals surface area (Å²) in [7, 11) is 1.58. The van der Waals surface area contributed by atoms with Crippen molar-refractivity contribution >= 4 is 28.4 Å². The maximum atomic E-state index is 13.4. The molecule has 0 saturated heterocycles. The summed E-state index contributed by atoms with van der Waals surface area (Å²) in [5.74, 6) is 1.47. The fourth-order valence-electron chi connectivity index (χ4n) is 3.95. The highest BCUT2D eigenvalue weighted by Gasteiger charge is 2.19. The van der Waals surface area contributed by atoms with Crippen molar-refractivity contribution in [2.24, 2.45) is 0 Å². The summed E-state index contributed by atoms with van der Waals surface area (Å²) >= 11 is 1.32. The van der Waals surface area contributed by atoms with E-state index in [1.165, 1.54) is 17.8 Å². The first-order valence-corrected chi connectivity index (χ1v) is 11.7. The molecular weight excluding hydrogens is 474 g/mol. The third-order valence-corrected chi connectivity index (χ3v) is 6.52. The van der Waals surface area contributed by atoms with Crippen LogP contribution < -0.4 is 15.0 Å². The fourth-order valence-corrected chi connectivity index (χ4v) is 4.88. The van der Waals surface area contributed by atoms with Crippen molar-refractivity contribution in [2.45, 2.75) is 24.1 Å². The highest BCUT2D eigenvalue weighted by atomic mass is 32.2. The van der Waals surface area contributed by atoms with E-state index in [4.69, 9.17) is 4.74 Å². The van der Waals surface area contributed by atoms with Crippen LogP contribution in [0.1, 0.15) is 11.1 Å². The minimum absolute atomic E-state index is 0.113. The van der Waals surface area contributed by atoms with Gasteiger partial charge in [0.05, 0.1) is 24.6 Å². The second-order valence-corrected chi connectivity index (χ2v) is 8.56. The summed E-state index contributed by atoms with van der Waals surface area (Å²) in [6, 6.07) is 21.3. The molecule has 0 fully saturated rings. The zero-order valence-corrected chi connectivity index (χ0v) is 19.4. The lowest BCUT2D eigenvalue weighted by atomic mass is 10.2. The van der Waals surface area contributed by atoms with Gasteiger partial charge in [-0.3, -0.25) is 13.8 Å². The molecule has 5 aromatic rings. The summed E-state index contributed by atoms with van der Waals surface area (Å²) < 4.78 is 39.1. The van der Waals surface area contributed by atoms with E-state index in [0.29, 0.717) is 38.9 Å². The molecule has 0 aliphatic rings. The van der Waals surface area contributed by atoms with Crippen molar-refractivity contribution in [2.75, 3.05) is 7.11 Å². The predicted molar refractivity (Wildman–Crippen MR) is 129 cm³/mol. The van der Waals surface area contributed by atoms with Gasteiger partial charge in [-0.1, -0.05) is 60.3 Å². The van der Waals surface area contributed by atoms with Crippen LogP contribution in [-0.2, 0) is 12.3 Å². The lowest BCUT2D eigenvalue weighted by molar-refractivity contribution is -0.0503. The van der Waals surface area contributed by atoms with Gasteiger partial charge in [0.2, 0.25) is 5.78 Å².